The Hall–Kier alpha value is -4.36. The quantitative estimate of drug-likeness (QED) is 0.0902. The van der Waals surface area contributed by atoms with Gasteiger partial charge < -0.3 is 4.90 Å². The highest BCUT2D eigenvalue weighted by Crippen LogP contribution is 2.67. The first-order valence-corrected chi connectivity index (χ1v) is 23.9. The van der Waals surface area contributed by atoms with Gasteiger partial charge in [-0.25, -0.2) is 0 Å². The summed E-state index contributed by atoms with van der Waals surface area (Å²) in [6, 6.07) is 41.8. The number of hydrogen-bond acceptors (Lipinski definition) is 1. The highest BCUT2D eigenvalue weighted by Gasteiger charge is 2.59. The van der Waals surface area contributed by atoms with Crippen LogP contribution in [-0.2, 0) is 29.1 Å². The molecule has 59 heavy (non-hydrogen) atoms. The second-order valence-corrected chi connectivity index (χ2v) is 20.2. The highest BCUT2D eigenvalue weighted by atomic mass is 15.1. The fourth-order valence-electron chi connectivity index (χ4n) is 13.7. The fourth-order valence-corrected chi connectivity index (χ4v) is 13.7. The van der Waals surface area contributed by atoms with Crippen molar-refractivity contribution in [2.24, 2.45) is 11.8 Å². The summed E-state index contributed by atoms with van der Waals surface area (Å²) < 4.78 is 0. The third-order valence-electron chi connectivity index (χ3n) is 16.4. The van der Waals surface area contributed by atoms with Crippen LogP contribution in [0.15, 0.2) is 110 Å². The molecule has 0 radical (unpaired) electrons. The lowest BCUT2D eigenvalue weighted by Crippen LogP contribution is -2.56. The number of hydrogen-bond donors (Lipinski definition) is 0. The first kappa shape index (κ1) is 38.8. The Labute approximate surface area is 356 Å². The molecule has 4 fully saturated rings. The van der Waals surface area contributed by atoms with E-state index in [0.717, 1.165) is 11.8 Å². The summed E-state index contributed by atoms with van der Waals surface area (Å²) in [4.78, 5) is 2.56. The van der Waals surface area contributed by atoms with E-state index in [4.69, 9.17) is 0 Å². The van der Waals surface area contributed by atoms with Crippen LogP contribution in [0.4, 0.5) is 17.1 Å². The van der Waals surface area contributed by atoms with Crippen molar-refractivity contribution >= 4 is 23.1 Å². The van der Waals surface area contributed by atoms with Gasteiger partial charge in [0.25, 0.3) is 0 Å². The minimum absolute atomic E-state index is 0.0259. The third kappa shape index (κ3) is 6.74. The second kappa shape index (κ2) is 15.6. The maximum absolute atomic E-state index is 4.06. The van der Waals surface area contributed by atoms with Crippen LogP contribution in [0.3, 0.4) is 0 Å². The number of nitrogens with zero attached hydrogens (tertiary/aromatic N) is 1. The van der Waals surface area contributed by atoms with E-state index in [1.54, 1.807) is 22.3 Å². The van der Waals surface area contributed by atoms with Gasteiger partial charge in [0.2, 0.25) is 0 Å². The van der Waals surface area contributed by atoms with Crippen molar-refractivity contribution in [1.29, 1.82) is 0 Å². The molecular formula is C58H67N. The summed E-state index contributed by atoms with van der Waals surface area (Å²) >= 11 is 0. The van der Waals surface area contributed by atoms with Crippen molar-refractivity contribution in [2.45, 2.75) is 153 Å². The lowest BCUT2D eigenvalue weighted by atomic mass is 9.41. The van der Waals surface area contributed by atoms with Crippen LogP contribution in [0.2, 0.25) is 0 Å². The molecule has 0 spiro atoms. The molecule has 304 valence electrons. The molecule has 0 N–H and O–H groups in total. The van der Waals surface area contributed by atoms with E-state index < -0.39 is 0 Å². The summed E-state index contributed by atoms with van der Waals surface area (Å²) in [5, 5.41) is 0. The van der Waals surface area contributed by atoms with Crippen LogP contribution >= 0.6 is 0 Å². The molecule has 4 bridgehead atoms. The standard InChI is InChI=1S/C58H67N/c1-5-8-10-12-30-58(31-13-11-9-6-2)54-34-48(57-38-43-32-44(39-57)37-56(36-43,40-57)47-21-16-42(7-3)17-22-47)23-28-52(54)53-29-27-51(35-55(53)58)59(49-24-14-41(4)15-25-49)50-26-20-45-18-19-46(45)33-50/h7,14-17,20-29,33-35,43-44H,3,5-6,8-13,18-19,30-32,36-40H2,1-2,4H3. The molecule has 0 aliphatic heterocycles. The molecule has 6 aliphatic rings. The zero-order valence-corrected chi connectivity index (χ0v) is 36.4. The Morgan fingerprint density at radius 1 is 0.576 bits per heavy atom. The van der Waals surface area contributed by atoms with Crippen molar-refractivity contribution in [3.63, 3.8) is 0 Å². The predicted octanol–water partition coefficient (Wildman–Crippen LogP) is 16.2. The number of benzene rings is 5. The lowest BCUT2D eigenvalue weighted by molar-refractivity contribution is -0.0281. The zero-order chi connectivity index (χ0) is 40.2. The van der Waals surface area contributed by atoms with Gasteiger partial charge in [-0.2, -0.15) is 0 Å². The van der Waals surface area contributed by atoms with Crippen molar-refractivity contribution in [3.05, 3.63) is 154 Å². The van der Waals surface area contributed by atoms with Crippen LogP contribution in [-0.4, -0.2) is 0 Å². The van der Waals surface area contributed by atoms with Gasteiger partial charge in [-0.15, -0.1) is 0 Å². The molecule has 2 atom stereocenters. The molecule has 0 aromatic heterocycles. The van der Waals surface area contributed by atoms with Gasteiger partial charge in [0, 0.05) is 22.5 Å². The van der Waals surface area contributed by atoms with E-state index >= 15 is 0 Å². The maximum Gasteiger partial charge on any atom is 0.0465 e. The SMILES string of the molecule is C=Cc1ccc(C23CC4CC(C2)CC(c2ccc5c(c2)C(CCCCCC)(CCCCCC)c2cc(N(c6ccc(C)cc6)c6ccc7c(c6)CC7)ccc2-5)(C4)C3)cc1. The molecule has 0 amide bonds. The Kier molecular flexibility index (Phi) is 10.3. The predicted molar refractivity (Wildman–Crippen MR) is 252 cm³/mol. The topological polar surface area (TPSA) is 3.24 Å². The molecule has 5 aromatic carbocycles. The first-order chi connectivity index (χ1) is 28.9. The van der Waals surface area contributed by atoms with E-state index in [1.807, 2.05) is 6.08 Å². The normalized spacial score (nSPS) is 24.0. The minimum atomic E-state index is 0.0259. The van der Waals surface area contributed by atoms with Crippen LogP contribution in [0, 0.1) is 18.8 Å². The van der Waals surface area contributed by atoms with Crippen LogP contribution < -0.4 is 4.90 Å². The van der Waals surface area contributed by atoms with E-state index in [-0.39, 0.29) is 10.8 Å². The number of unbranched alkanes of at least 4 members (excludes halogenated alkanes) is 6. The molecule has 6 aliphatic carbocycles. The molecule has 0 heterocycles. The van der Waals surface area contributed by atoms with Gasteiger partial charge in [0.05, 0.1) is 0 Å². The van der Waals surface area contributed by atoms with Gasteiger partial charge in [0.1, 0.15) is 0 Å². The number of anilines is 3. The van der Waals surface area contributed by atoms with Crippen LogP contribution in [0.1, 0.15) is 161 Å². The molecule has 11 rings (SSSR count). The van der Waals surface area contributed by atoms with Crippen molar-refractivity contribution < 1.29 is 0 Å². The second-order valence-electron chi connectivity index (χ2n) is 20.2. The first-order valence-electron chi connectivity index (χ1n) is 23.9. The van der Waals surface area contributed by atoms with Gasteiger partial charge in [0.15, 0.2) is 0 Å². The number of aryl methyl sites for hydroxylation is 3. The summed E-state index contributed by atoms with van der Waals surface area (Å²) in [6.45, 7) is 11.0. The monoisotopic (exact) mass is 778 g/mol. The largest absolute Gasteiger partial charge is 0.310 e. The van der Waals surface area contributed by atoms with E-state index in [0.29, 0.717) is 5.41 Å². The van der Waals surface area contributed by atoms with Gasteiger partial charge >= 0.3 is 0 Å². The van der Waals surface area contributed by atoms with Crippen LogP contribution in [0.5, 0.6) is 0 Å². The smallest absolute Gasteiger partial charge is 0.0465 e. The fraction of sp³-hybridized carbons (Fsp3) is 0.448. The summed E-state index contributed by atoms with van der Waals surface area (Å²) in [7, 11) is 0. The lowest BCUT2D eigenvalue weighted by Gasteiger charge is -2.63. The van der Waals surface area contributed by atoms with Crippen molar-refractivity contribution in [1.82, 2.24) is 0 Å². The maximum atomic E-state index is 4.06. The molecule has 1 nitrogen and oxygen atoms in total. The average molecular weight is 778 g/mol. The summed E-state index contributed by atoms with van der Waals surface area (Å²) in [5.74, 6) is 1.66. The molecular weight excluding hydrogens is 711 g/mol. The minimum Gasteiger partial charge on any atom is -0.310 e. The Morgan fingerprint density at radius 2 is 1.14 bits per heavy atom. The van der Waals surface area contributed by atoms with Crippen molar-refractivity contribution in [2.75, 3.05) is 4.90 Å². The number of rotatable bonds is 16. The molecule has 4 saturated carbocycles. The molecule has 1 heteroatoms. The summed E-state index contributed by atoms with van der Waals surface area (Å²) in [6.07, 6.45) is 25.6. The van der Waals surface area contributed by atoms with E-state index in [1.165, 1.54) is 166 Å². The highest BCUT2D eigenvalue weighted by molar-refractivity contribution is 5.86. The zero-order valence-electron chi connectivity index (χ0n) is 36.4. The Morgan fingerprint density at radius 3 is 1.75 bits per heavy atom. The van der Waals surface area contributed by atoms with Gasteiger partial charge in [-0.05, 0) is 180 Å². The third-order valence-corrected chi connectivity index (χ3v) is 16.4. The molecule has 2 unspecified atom stereocenters. The van der Waals surface area contributed by atoms with E-state index in [2.05, 4.69) is 135 Å². The van der Waals surface area contributed by atoms with E-state index in [9.17, 15) is 0 Å². The number of fused-ring (bicyclic) bond motifs is 4. The van der Waals surface area contributed by atoms with Crippen molar-refractivity contribution in [3.8, 4) is 11.1 Å². The van der Waals surface area contributed by atoms with Crippen LogP contribution in [0.25, 0.3) is 17.2 Å². The molecule has 0 saturated heterocycles. The Balaban J connectivity index is 1.10. The average Bonchev–Trinajstić information content (AvgIpc) is 3.50. The Bertz CT molecular complexity index is 2300. The summed E-state index contributed by atoms with van der Waals surface area (Å²) in [5.41, 5.74) is 19.5. The molecule has 5 aromatic rings. The van der Waals surface area contributed by atoms with Gasteiger partial charge in [-0.3, -0.25) is 0 Å². The van der Waals surface area contributed by atoms with Gasteiger partial charge in [-0.1, -0.05) is 150 Å².